The molecule has 0 saturated heterocycles. The molecule has 0 saturated carbocycles. The molecule has 1 aromatic rings. The molecular weight excluding hydrogens is 244 g/mol. The van der Waals surface area contributed by atoms with Crippen LogP contribution in [-0.2, 0) is 0 Å². The Morgan fingerprint density at radius 1 is 1.37 bits per heavy atom. The smallest absolute Gasteiger partial charge is 0.335 e. The molecule has 106 valence electrons. The topological polar surface area (TPSA) is 69.6 Å². The molecule has 1 rings (SSSR count). The van der Waals surface area contributed by atoms with Crippen LogP contribution in [0.4, 0.5) is 0 Å². The van der Waals surface area contributed by atoms with Gasteiger partial charge >= 0.3 is 5.97 Å². The number of carboxylic acid groups (broad SMARTS) is 1. The lowest BCUT2D eigenvalue weighted by atomic mass is 10.0. The van der Waals surface area contributed by atoms with Gasteiger partial charge < -0.3 is 14.9 Å². The summed E-state index contributed by atoms with van der Waals surface area (Å²) in [5.74, 6) is -0.652. The van der Waals surface area contributed by atoms with Crippen LogP contribution < -0.4 is 9.84 Å². The highest BCUT2D eigenvalue weighted by molar-refractivity contribution is 5.88. The van der Waals surface area contributed by atoms with Gasteiger partial charge in [0, 0.05) is 0 Å². The molecule has 0 heterocycles. The Bertz CT molecular complexity index is 415. The fourth-order valence-electron chi connectivity index (χ4n) is 1.89. The van der Waals surface area contributed by atoms with Gasteiger partial charge in [-0.05, 0) is 24.5 Å². The first-order chi connectivity index (χ1) is 9.06. The number of rotatable bonds is 8. The number of aromatic carboxylic acids is 1. The van der Waals surface area contributed by atoms with Crippen LogP contribution in [0.25, 0.3) is 0 Å². The second-order valence-corrected chi connectivity index (χ2v) is 4.73. The molecule has 0 radical (unpaired) electrons. The van der Waals surface area contributed by atoms with Crippen molar-refractivity contribution in [3.05, 3.63) is 23.8 Å². The van der Waals surface area contributed by atoms with E-state index in [-0.39, 0.29) is 11.3 Å². The fraction of sp³-hybridized carbons (Fsp3) is 0.533. The van der Waals surface area contributed by atoms with E-state index in [1.54, 1.807) is 0 Å². The molecule has 19 heavy (non-hydrogen) atoms. The molecular formula is C15H21O4-. The summed E-state index contributed by atoms with van der Waals surface area (Å²) in [7, 11) is 0. The van der Waals surface area contributed by atoms with Crippen LogP contribution in [0, 0.1) is 5.92 Å². The molecule has 0 fully saturated rings. The second kappa shape index (κ2) is 7.67. The van der Waals surface area contributed by atoms with Crippen molar-refractivity contribution in [1.29, 1.82) is 0 Å². The summed E-state index contributed by atoms with van der Waals surface area (Å²) < 4.78 is 5.56. The summed E-state index contributed by atoms with van der Waals surface area (Å²) in [4.78, 5) is 10.8. The Kier molecular flexibility index (Phi) is 6.19. The van der Waals surface area contributed by atoms with Gasteiger partial charge in [0.05, 0.1) is 12.2 Å². The maximum atomic E-state index is 11.4. The van der Waals surface area contributed by atoms with Crippen molar-refractivity contribution in [3.63, 3.8) is 0 Å². The van der Waals surface area contributed by atoms with Crippen LogP contribution in [-0.4, -0.2) is 17.7 Å². The van der Waals surface area contributed by atoms with Crippen LogP contribution in [0.2, 0.25) is 0 Å². The van der Waals surface area contributed by atoms with Crippen molar-refractivity contribution in [2.75, 3.05) is 6.61 Å². The molecule has 4 nitrogen and oxygen atoms in total. The maximum Gasteiger partial charge on any atom is 0.335 e. The molecule has 1 aromatic carbocycles. The van der Waals surface area contributed by atoms with Gasteiger partial charge in [-0.1, -0.05) is 39.2 Å². The minimum absolute atomic E-state index is 0.0240. The molecule has 1 N–H and O–H groups in total. The lowest BCUT2D eigenvalue weighted by Crippen LogP contribution is -2.12. The van der Waals surface area contributed by atoms with Crippen molar-refractivity contribution in [2.24, 2.45) is 5.92 Å². The zero-order chi connectivity index (χ0) is 14.3. The highest BCUT2D eigenvalue weighted by Crippen LogP contribution is 2.22. The lowest BCUT2D eigenvalue weighted by Gasteiger charge is -2.17. The van der Waals surface area contributed by atoms with Gasteiger partial charge in [-0.2, -0.15) is 0 Å². The maximum absolute atomic E-state index is 11.4. The molecule has 4 heteroatoms. The van der Waals surface area contributed by atoms with E-state index in [1.165, 1.54) is 12.1 Å². The van der Waals surface area contributed by atoms with Crippen LogP contribution in [0.5, 0.6) is 11.5 Å². The summed E-state index contributed by atoms with van der Waals surface area (Å²) in [6, 6.07) is 3.83. The van der Waals surface area contributed by atoms with Crippen molar-refractivity contribution in [1.82, 2.24) is 0 Å². The number of hydrogen-bond donors (Lipinski definition) is 1. The highest BCUT2D eigenvalue weighted by atomic mass is 16.5. The number of unbranched alkanes of at least 4 members (excludes halogenated alkanes) is 1. The standard InChI is InChI=1S/C15H22O4/c1-3-5-6-11(4-2)10-19-14-8-12(15(17)18)7-13(16)9-14/h7-9,11,16H,3-6,10H2,1-2H3,(H,17,18)/p-1. The Morgan fingerprint density at radius 3 is 2.68 bits per heavy atom. The average molecular weight is 265 g/mol. The Labute approximate surface area is 114 Å². The van der Waals surface area contributed by atoms with Gasteiger partial charge in [0.15, 0.2) is 0 Å². The molecule has 0 spiro atoms. The molecule has 0 aliphatic rings. The van der Waals surface area contributed by atoms with Crippen LogP contribution in [0.15, 0.2) is 18.2 Å². The van der Waals surface area contributed by atoms with E-state index in [0.717, 1.165) is 31.7 Å². The third-order valence-corrected chi connectivity index (χ3v) is 3.16. The molecule has 0 aromatic heterocycles. The van der Waals surface area contributed by atoms with Gasteiger partial charge in [0.1, 0.15) is 5.75 Å². The molecule has 0 bridgehead atoms. The summed E-state index contributed by atoms with van der Waals surface area (Å²) in [6.07, 6.45) is 4.41. The second-order valence-electron chi connectivity index (χ2n) is 4.73. The van der Waals surface area contributed by atoms with Crippen molar-refractivity contribution in [2.45, 2.75) is 39.5 Å². The first-order valence-electron chi connectivity index (χ1n) is 6.75. The minimum atomic E-state index is -1.11. The van der Waals surface area contributed by atoms with E-state index in [0.29, 0.717) is 18.3 Å². The number of hydrogen-bond acceptors (Lipinski definition) is 3. The van der Waals surface area contributed by atoms with Crippen LogP contribution in [0.3, 0.4) is 0 Å². The van der Waals surface area contributed by atoms with Crippen molar-refractivity contribution >= 4 is 5.97 Å². The predicted octanol–water partition coefficient (Wildman–Crippen LogP) is 3.05. The number of carbonyl (C=O) groups is 1. The summed E-state index contributed by atoms with van der Waals surface area (Å²) in [5, 5.41) is 20.2. The first kappa shape index (κ1) is 15.3. The van der Waals surface area contributed by atoms with Crippen LogP contribution in [0.1, 0.15) is 49.9 Å². The quantitative estimate of drug-likeness (QED) is 0.784. The largest absolute Gasteiger partial charge is 0.872 e. The summed E-state index contributed by atoms with van der Waals surface area (Å²) in [5.41, 5.74) is -0.0240. The lowest BCUT2D eigenvalue weighted by molar-refractivity contribution is -0.268. The molecule has 0 amide bonds. The third-order valence-electron chi connectivity index (χ3n) is 3.16. The summed E-state index contributed by atoms with van der Waals surface area (Å²) >= 11 is 0. The van der Waals surface area contributed by atoms with Crippen LogP contribution >= 0.6 is 0 Å². The van der Waals surface area contributed by atoms with E-state index in [1.807, 2.05) is 0 Å². The van der Waals surface area contributed by atoms with Crippen molar-refractivity contribution in [3.8, 4) is 11.5 Å². The monoisotopic (exact) mass is 265 g/mol. The molecule has 0 aliphatic carbocycles. The van der Waals surface area contributed by atoms with Gasteiger partial charge in [0.25, 0.3) is 0 Å². The normalized spacial score (nSPS) is 12.1. The van der Waals surface area contributed by atoms with E-state index in [2.05, 4.69) is 13.8 Å². The van der Waals surface area contributed by atoms with E-state index in [4.69, 9.17) is 9.84 Å². The van der Waals surface area contributed by atoms with Gasteiger partial charge in [0.2, 0.25) is 0 Å². The molecule has 0 aliphatic heterocycles. The third kappa shape index (κ3) is 5.20. The Morgan fingerprint density at radius 2 is 2.11 bits per heavy atom. The zero-order valence-corrected chi connectivity index (χ0v) is 11.5. The number of carboxylic acids is 1. The van der Waals surface area contributed by atoms with Gasteiger partial charge in [-0.3, -0.25) is 0 Å². The SMILES string of the molecule is CCCCC(CC)COc1cc([O-])cc(C(=O)O)c1. The molecule has 1 unspecified atom stereocenters. The summed E-state index contributed by atoms with van der Waals surface area (Å²) in [6.45, 7) is 4.78. The Hall–Kier alpha value is -1.71. The van der Waals surface area contributed by atoms with Crippen molar-refractivity contribution < 1.29 is 19.7 Å². The zero-order valence-electron chi connectivity index (χ0n) is 11.5. The fourth-order valence-corrected chi connectivity index (χ4v) is 1.89. The van der Waals surface area contributed by atoms with E-state index < -0.39 is 5.97 Å². The Balaban J connectivity index is 2.63. The average Bonchev–Trinajstić information content (AvgIpc) is 2.38. The van der Waals surface area contributed by atoms with Gasteiger partial charge in [-0.25, -0.2) is 4.79 Å². The first-order valence-corrected chi connectivity index (χ1v) is 6.75. The highest BCUT2D eigenvalue weighted by Gasteiger charge is 2.09. The van der Waals surface area contributed by atoms with E-state index in [9.17, 15) is 9.90 Å². The van der Waals surface area contributed by atoms with Gasteiger partial charge in [-0.15, -0.1) is 5.75 Å². The molecule has 1 atom stereocenters. The predicted molar refractivity (Wildman–Crippen MR) is 71.6 cm³/mol. The minimum Gasteiger partial charge on any atom is -0.872 e. The number of ether oxygens (including phenoxy) is 1. The number of benzene rings is 1. The van der Waals surface area contributed by atoms with E-state index >= 15 is 0 Å².